The lowest BCUT2D eigenvalue weighted by Crippen LogP contribution is -2.62. The molecule has 0 bridgehead atoms. The van der Waals surface area contributed by atoms with E-state index in [0.717, 1.165) is 5.56 Å². The lowest BCUT2D eigenvalue weighted by molar-refractivity contribution is -0.162. The summed E-state index contributed by atoms with van der Waals surface area (Å²) >= 11 is 0. The van der Waals surface area contributed by atoms with Crippen LogP contribution in [0.15, 0.2) is 30.3 Å². The number of aliphatic hydroxyl groups is 1. The van der Waals surface area contributed by atoms with Gasteiger partial charge in [0.2, 0.25) is 5.91 Å². The maximum Gasteiger partial charge on any atom is 0.335 e. The van der Waals surface area contributed by atoms with Crippen LogP contribution in [-0.4, -0.2) is 41.2 Å². The minimum absolute atomic E-state index is 0.0230. The summed E-state index contributed by atoms with van der Waals surface area (Å²) in [6.45, 7) is 3.24. The average Bonchev–Trinajstić information content (AvgIpc) is 3.25. The number of carbonyl (C=O) groups is 3. The molecule has 26 heavy (non-hydrogen) atoms. The molecule has 0 aromatic heterocycles. The van der Waals surface area contributed by atoms with Crippen molar-refractivity contribution in [2.45, 2.75) is 38.5 Å². The molecule has 1 aromatic rings. The van der Waals surface area contributed by atoms with Crippen molar-refractivity contribution in [3.05, 3.63) is 35.9 Å². The van der Waals surface area contributed by atoms with Crippen LogP contribution in [0.4, 0.5) is 0 Å². The van der Waals surface area contributed by atoms with Gasteiger partial charge in [-0.15, -0.1) is 0 Å². The predicted molar refractivity (Wildman–Crippen MR) is 90.5 cm³/mol. The van der Waals surface area contributed by atoms with E-state index in [0.29, 0.717) is 0 Å². The Morgan fingerprint density at radius 3 is 2.54 bits per heavy atom. The van der Waals surface area contributed by atoms with E-state index in [1.54, 1.807) is 6.92 Å². The minimum atomic E-state index is -1.61. The Morgan fingerprint density at radius 1 is 1.23 bits per heavy atom. The number of fused-ring (bicyclic) bond motifs is 1. The molecule has 0 saturated heterocycles. The first-order valence-electron chi connectivity index (χ1n) is 8.76. The van der Waals surface area contributed by atoms with Crippen LogP contribution in [0.3, 0.4) is 0 Å². The number of aliphatic hydroxyl groups excluding tert-OH is 1. The van der Waals surface area contributed by atoms with Gasteiger partial charge in [-0.25, -0.2) is 4.79 Å². The molecule has 1 amide bonds. The van der Waals surface area contributed by atoms with Crippen molar-refractivity contribution in [1.82, 2.24) is 5.32 Å². The molecular formula is C19H23NO6. The highest BCUT2D eigenvalue weighted by atomic mass is 16.5. The van der Waals surface area contributed by atoms with Gasteiger partial charge in [-0.05, 0) is 24.8 Å². The monoisotopic (exact) mass is 361 g/mol. The zero-order chi connectivity index (χ0) is 18.9. The van der Waals surface area contributed by atoms with Gasteiger partial charge in [0.05, 0.1) is 18.6 Å². The van der Waals surface area contributed by atoms with Crippen molar-refractivity contribution < 1.29 is 29.0 Å². The minimum Gasteiger partial charge on any atom is -0.466 e. The summed E-state index contributed by atoms with van der Waals surface area (Å²) in [5.41, 5.74) is -0.816. The summed E-state index contributed by atoms with van der Waals surface area (Å²) in [5, 5.41) is 13.1. The van der Waals surface area contributed by atoms with E-state index in [4.69, 9.17) is 9.47 Å². The summed E-state index contributed by atoms with van der Waals surface area (Å²) in [4.78, 5) is 36.8. The van der Waals surface area contributed by atoms with Gasteiger partial charge in [0.1, 0.15) is 6.61 Å². The van der Waals surface area contributed by atoms with E-state index >= 15 is 0 Å². The van der Waals surface area contributed by atoms with E-state index < -0.39 is 41.3 Å². The summed E-state index contributed by atoms with van der Waals surface area (Å²) in [6, 6.07) is 9.12. The van der Waals surface area contributed by atoms with Crippen LogP contribution in [-0.2, 0) is 30.5 Å². The Kier molecular flexibility index (Phi) is 5.00. The van der Waals surface area contributed by atoms with E-state index in [-0.39, 0.29) is 25.6 Å². The molecule has 0 unspecified atom stereocenters. The summed E-state index contributed by atoms with van der Waals surface area (Å²) in [6.07, 6.45) is -0.857. The van der Waals surface area contributed by atoms with Crippen molar-refractivity contribution in [2.75, 3.05) is 6.61 Å². The van der Waals surface area contributed by atoms with Crippen molar-refractivity contribution in [1.29, 1.82) is 0 Å². The molecule has 1 aromatic carbocycles. The average molecular weight is 361 g/mol. The Bertz CT molecular complexity index is 705. The van der Waals surface area contributed by atoms with Gasteiger partial charge in [-0.1, -0.05) is 30.3 Å². The molecule has 3 rings (SSSR count). The highest BCUT2D eigenvalue weighted by Gasteiger charge is 2.76. The number of rotatable bonds is 6. The Morgan fingerprint density at radius 2 is 1.92 bits per heavy atom. The number of nitrogens with one attached hydrogen (secondary N) is 1. The van der Waals surface area contributed by atoms with Crippen LogP contribution in [0.1, 0.15) is 25.8 Å². The molecular weight excluding hydrogens is 338 g/mol. The smallest absolute Gasteiger partial charge is 0.335 e. The molecule has 2 fully saturated rings. The predicted octanol–water partition coefficient (Wildman–Crippen LogP) is 0.795. The Hall–Kier alpha value is -2.41. The number of hydrogen-bond acceptors (Lipinski definition) is 6. The van der Waals surface area contributed by atoms with Gasteiger partial charge in [0, 0.05) is 12.8 Å². The van der Waals surface area contributed by atoms with E-state index in [1.807, 2.05) is 30.3 Å². The SMILES string of the molecule is CCOC(=O)[C@H]1[C@@H]2C[C@@H](O)[C@@](NC(C)=O)(C(=O)OCc3ccccc3)[C@@H]21. The zero-order valence-corrected chi connectivity index (χ0v) is 14.8. The van der Waals surface area contributed by atoms with Gasteiger partial charge in [-0.2, -0.15) is 0 Å². The number of ether oxygens (including phenoxy) is 2. The summed E-state index contributed by atoms with van der Waals surface area (Å²) < 4.78 is 10.5. The van der Waals surface area contributed by atoms with Gasteiger partial charge < -0.3 is 19.9 Å². The van der Waals surface area contributed by atoms with Gasteiger partial charge in [0.15, 0.2) is 5.54 Å². The Balaban J connectivity index is 1.80. The van der Waals surface area contributed by atoms with Crippen molar-refractivity contribution in [3.8, 4) is 0 Å². The van der Waals surface area contributed by atoms with Crippen LogP contribution in [0.2, 0.25) is 0 Å². The van der Waals surface area contributed by atoms with Crippen LogP contribution in [0.25, 0.3) is 0 Å². The Labute approximate surface area is 151 Å². The second-order valence-corrected chi connectivity index (χ2v) is 6.83. The fourth-order valence-electron chi connectivity index (χ4n) is 4.14. The third-order valence-corrected chi connectivity index (χ3v) is 5.21. The summed E-state index contributed by atoms with van der Waals surface area (Å²) in [5.74, 6) is -2.79. The topological polar surface area (TPSA) is 102 Å². The number of amides is 1. The van der Waals surface area contributed by atoms with Crippen molar-refractivity contribution >= 4 is 17.8 Å². The number of esters is 2. The van der Waals surface area contributed by atoms with Crippen LogP contribution >= 0.6 is 0 Å². The maximum atomic E-state index is 12.9. The van der Waals surface area contributed by atoms with E-state index in [2.05, 4.69) is 5.32 Å². The third kappa shape index (κ3) is 3.07. The molecule has 2 aliphatic rings. The van der Waals surface area contributed by atoms with Gasteiger partial charge >= 0.3 is 11.9 Å². The first kappa shape index (κ1) is 18.4. The highest BCUT2D eigenvalue weighted by Crippen LogP contribution is 2.63. The first-order chi connectivity index (χ1) is 12.4. The van der Waals surface area contributed by atoms with Crippen LogP contribution < -0.4 is 5.32 Å². The number of benzene rings is 1. The molecule has 7 nitrogen and oxygen atoms in total. The quantitative estimate of drug-likeness (QED) is 0.727. The summed E-state index contributed by atoms with van der Waals surface area (Å²) in [7, 11) is 0. The molecule has 2 N–H and O–H groups in total. The molecule has 0 spiro atoms. The van der Waals surface area contributed by atoms with Crippen molar-refractivity contribution in [3.63, 3.8) is 0 Å². The first-order valence-corrected chi connectivity index (χ1v) is 8.76. The molecule has 0 aliphatic heterocycles. The van der Waals surface area contributed by atoms with Crippen molar-refractivity contribution in [2.24, 2.45) is 17.8 Å². The molecule has 0 radical (unpaired) electrons. The molecule has 5 atom stereocenters. The van der Waals surface area contributed by atoms with Crippen LogP contribution in [0.5, 0.6) is 0 Å². The standard InChI is InChI=1S/C19H23NO6/c1-3-25-17(23)15-13-9-14(22)19(16(13)15,20-11(2)21)18(24)26-10-12-7-5-4-6-8-12/h4-8,13-16,22H,3,9-10H2,1-2H3,(H,20,21)/t13-,14+,15-,16-,19-/m0/s1. The van der Waals surface area contributed by atoms with E-state index in [1.165, 1.54) is 6.92 Å². The fourth-order valence-corrected chi connectivity index (χ4v) is 4.14. The number of hydrogen-bond donors (Lipinski definition) is 2. The molecule has 0 heterocycles. The fraction of sp³-hybridized carbons (Fsp3) is 0.526. The molecule has 140 valence electrons. The lowest BCUT2D eigenvalue weighted by Gasteiger charge is -2.34. The third-order valence-electron chi connectivity index (χ3n) is 5.21. The zero-order valence-electron chi connectivity index (χ0n) is 14.8. The number of carbonyl (C=O) groups excluding carboxylic acids is 3. The van der Waals surface area contributed by atoms with E-state index in [9.17, 15) is 19.5 Å². The maximum absolute atomic E-state index is 12.9. The molecule has 7 heteroatoms. The molecule has 2 saturated carbocycles. The highest BCUT2D eigenvalue weighted by molar-refractivity contribution is 5.92. The molecule has 2 aliphatic carbocycles. The van der Waals surface area contributed by atoms with Crippen LogP contribution in [0, 0.1) is 17.8 Å². The second kappa shape index (κ2) is 7.07. The second-order valence-electron chi connectivity index (χ2n) is 6.83. The largest absolute Gasteiger partial charge is 0.466 e. The lowest BCUT2D eigenvalue weighted by atomic mass is 9.87. The van der Waals surface area contributed by atoms with Gasteiger partial charge in [0.25, 0.3) is 0 Å². The normalized spacial score (nSPS) is 31.7. The van der Waals surface area contributed by atoms with Gasteiger partial charge in [-0.3, -0.25) is 9.59 Å².